The average Bonchev–Trinajstić information content (AvgIpc) is 3.16. The first kappa shape index (κ1) is 21.8. The van der Waals surface area contributed by atoms with Crippen LogP contribution < -0.4 is 15.1 Å². The largest absolute Gasteiger partial charge is 0.492 e. The van der Waals surface area contributed by atoms with Gasteiger partial charge in [0, 0.05) is 6.42 Å². The Kier molecular flexibility index (Phi) is 7.82. The highest BCUT2D eigenvalue weighted by atomic mass is 16.5. The Bertz CT molecular complexity index is 857. The molecule has 7 heteroatoms. The SMILES string of the molecule is CCOC(=O)c1cccc(OCC)c1NC(=O)C[NH+]1CCCN1Cc1ccccc1. The average molecular weight is 413 g/mol. The fourth-order valence-electron chi connectivity index (χ4n) is 3.67. The number of hydrogen-bond donors (Lipinski definition) is 2. The second-order valence-electron chi connectivity index (χ2n) is 7.13. The number of rotatable bonds is 9. The van der Waals surface area contributed by atoms with Crippen LogP contribution in [0.3, 0.4) is 0 Å². The summed E-state index contributed by atoms with van der Waals surface area (Å²) in [4.78, 5) is 25.3. The summed E-state index contributed by atoms with van der Waals surface area (Å²) < 4.78 is 10.8. The summed E-state index contributed by atoms with van der Waals surface area (Å²) in [7, 11) is 0. The van der Waals surface area contributed by atoms with Gasteiger partial charge in [0.2, 0.25) is 0 Å². The second-order valence-corrected chi connectivity index (χ2v) is 7.13. The van der Waals surface area contributed by atoms with E-state index in [1.807, 2.05) is 25.1 Å². The van der Waals surface area contributed by atoms with Crippen molar-refractivity contribution in [3.63, 3.8) is 0 Å². The lowest BCUT2D eigenvalue weighted by Gasteiger charge is -2.24. The topological polar surface area (TPSA) is 72.3 Å². The molecule has 1 aliphatic heterocycles. The lowest BCUT2D eigenvalue weighted by atomic mass is 10.1. The minimum atomic E-state index is -0.478. The zero-order valence-electron chi connectivity index (χ0n) is 17.6. The molecule has 1 amide bonds. The van der Waals surface area contributed by atoms with E-state index >= 15 is 0 Å². The Labute approximate surface area is 177 Å². The highest BCUT2D eigenvalue weighted by molar-refractivity contribution is 6.03. The number of para-hydroxylation sites is 1. The molecule has 1 atom stereocenters. The van der Waals surface area contributed by atoms with Crippen LogP contribution in [0.4, 0.5) is 5.69 Å². The van der Waals surface area contributed by atoms with Gasteiger partial charge in [-0.25, -0.2) is 9.80 Å². The number of ether oxygens (including phenoxy) is 2. The molecule has 0 bridgehead atoms. The standard InChI is InChI=1S/C23H29N3O4/c1-3-29-20-13-8-12-19(23(28)30-4-2)22(20)24-21(27)17-26-15-9-14-25(26)16-18-10-6-5-7-11-18/h5-8,10-13H,3-4,9,14-17H2,1-2H3,(H,24,27)/p+1. The summed E-state index contributed by atoms with van der Waals surface area (Å²) in [6.07, 6.45) is 1.04. The minimum Gasteiger partial charge on any atom is -0.492 e. The van der Waals surface area contributed by atoms with Crippen LogP contribution in [0.1, 0.15) is 36.2 Å². The van der Waals surface area contributed by atoms with E-state index in [1.54, 1.807) is 25.1 Å². The third kappa shape index (κ3) is 5.58. The number of benzene rings is 2. The number of hydrogen-bond acceptors (Lipinski definition) is 5. The van der Waals surface area contributed by atoms with Crippen molar-refractivity contribution in [3.05, 3.63) is 59.7 Å². The van der Waals surface area contributed by atoms with Crippen LogP contribution in [0, 0.1) is 0 Å². The Morgan fingerprint density at radius 1 is 1.07 bits per heavy atom. The van der Waals surface area contributed by atoms with Crippen molar-refractivity contribution in [2.24, 2.45) is 0 Å². The first-order valence-electron chi connectivity index (χ1n) is 10.5. The number of nitrogens with one attached hydrogen (secondary N) is 2. The van der Waals surface area contributed by atoms with Gasteiger partial charge >= 0.3 is 5.97 Å². The molecule has 1 unspecified atom stereocenters. The van der Waals surface area contributed by atoms with E-state index in [1.165, 1.54) is 5.56 Å². The summed E-state index contributed by atoms with van der Waals surface area (Å²) in [5.41, 5.74) is 1.90. The van der Waals surface area contributed by atoms with Gasteiger partial charge in [-0.2, -0.15) is 5.01 Å². The summed E-state index contributed by atoms with van der Waals surface area (Å²) >= 11 is 0. The number of carbonyl (C=O) groups is 2. The zero-order chi connectivity index (χ0) is 21.3. The first-order chi connectivity index (χ1) is 14.6. The van der Waals surface area contributed by atoms with Crippen LogP contribution in [0.2, 0.25) is 0 Å². The molecule has 0 aromatic heterocycles. The van der Waals surface area contributed by atoms with Crippen molar-refractivity contribution < 1.29 is 24.1 Å². The minimum absolute atomic E-state index is 0.164. The molecule has 2 aromatic carbocycles. The molecule has 30 heavy (non-hydrogen) atoms. The molecule has 1 saturated heterocycles. The third-order valence-corrected chi connectivity index (χ3v) is 5.01. The summed E-state index contributed by atoms with van der Waals surface area (Å²) in [6, 6.07) is 15.4. The van der Waals surface area contributed by atoms with Gasteiger partial charge in [0.15, 0.2) is 6.54 Å². The molecule has 160 valence electrons. The molecule has 3 rings (SSSR count). The van der Waals surface area contributed by atoms with Gasteiger partial charge in [0.25, 0.3) is 5.91 Å². The van der Waals surface area contributed by atoms with E-state index in [4.69, 9.17) is 9.47 Å². The fourth-order valence-corrected chi connectivity index (χ4v) is 3.67. The van der Waals surface area contributed by atoms with Crippen LogP contribution in [0.25, 0.3) is 0 Å². The predicted molar refractivity (Wildman–Crippen MR) is 114 cm³/mol. The van der Waals surface area contributed by atoms with Gasteiger partial charge in [-0.1, -0.05) is 36.4 Å². The maximum atomic E-state index is 12.9. The lowest BCUT2D eigenvalue weighted by molar-refractivity contribution is -0.997. The lowest BCUT2D eigenvalue weighted by Crippen LogP contribution is -3.16. The molecule has 1 heterocycles. The van der Waals surface area contributed by atoms with Crippen LogP contribution in [-0.4, -0.2) is 49.7 Å². The maximum absolute atomic E-state index is 12.9. The summed E-state index contributed by atoms with van der Waals surface area (Å²) in [6.45, 7) is 7.23. The third-order valence-electron chi connectivity index (χ3n) is 5.01. The molecule has 0 spiro atoms. The fraction of sp³-hybridized carbons (Fsp3) is 0.391. The number of anilines is 1. The molecule has 7 nitrogen and oxygen atoms in total. The van der Waals surface area contributed by atoms with Crippen LogP contribution in [0.15, 0.2) is 48.5 Å². The van der Waals surface area contributed by atoms with Crippen molar-refractivity contribution in [1.82, 2.24) is 5.01 Å². The first-order valence-corrected chi connectivity index (χ1v) is 10.5. The van der Waals surface area contributed by atoms with Crippen molar-refractivity contribution in [1.29, 1.82) is 0 Å². The van der Waals surface area contributed by atoms with Gasteiger partial charge in [0.1, 0.15) is 5.75 Å². The Balaban J connectivity index is 1.71. The number of esters is 1. The van der Waals surface area contributed by atoms with E-state index in [0.29, 0.717) is 23.6 Å². The quantitative estimate of drug-likeness (QED) is 0.616. The molecular weight excluding hydrogens is 382 g/mol. The van der Waals surface area contributed by atoms with Gasteiger partial charge in [-0.3, -0.25) is 4.79 Å². The zero-order valence-corrected chi connectivity index (χ0v) is 17.6. The van der Waals surface area contributed by atoms with Gasteiger partial charge in [-0.15, -0.1) is 0 Å². The van der Waals surface area contributed by atoms with E-state index in [0.717, 1.165) is 31.1 Å². The molecule has 1 aliphatic rings. The monoisotopic (exact) mass is 412 g/mol. The molecule has 2 N–H and O–H groups in total. The highest BCUT2D eigenvalue weighted by Gasteiger charge is 2.29. The van der Waals surface area contributed by atoms with Crippen molar-refractivity contribution in [2.75, 3.05) is 38.2 Å². The van der Waals surface area contributed by atoms with Crippen LogP contribution in [0.5, 0.6) is 5.75 Å². The molecular formula is C23H30N3O4+. The predicted octanol–water partition coefficient (Wildman–Crippen LogP) is 1.91. The Hall–Kier alpha value is -2.90. The van der Waals surface area contributed by atoms with E-state index in [2.05, 4.69) is 22.5 Å². The van der Waals surface area contributed by atoms with Crippen molar-refractivity contribution in [2.45, 2.75) is 26.8 Å². The van der Waals surface area contributed by atoms with E-state index in [-0.39, 0.29) is 19.1 Å². The van der Waals surface area contributed by atoms with Crippen molar-refractivity contribution in [3.8, 4) is 5.75 Å². The van der Waals surface area contributed by atoms with Crippen LogP contribution >= 0.6 is 0 Å². The second kappa shape index (κ2) is 10.8. The van der Waals surface area contributed by atoms with Crippen molar-refractivity contribution >= 4 is 17.6 Å². The summed E-state index contributed by atoms with van der Waals surface area (Å²) in [5, 5.41) is 6.29. The number of nitrogens with zero attached hydrogens (tertiary/aromatic N) is 1. The van der Waals surface area contributed by atoms with Gasteiger partial charge in [-0.05, 0) is 31.5 Å². The molecule has 0 radical (unpaired) electrons. The van der Waals surface area contributed by atoms with Crippen LogP contribution in [-0.2, 0) is 16.1 Å². The molecule has 0 saturated carbocycles. The molecule has 0 aliphatic carbocycles. The van der Waals surface area contributed by atoms with Gasteiger partial charge in [0.05, 0.1) is 44.1 Å². The smallest absolute Gasteiger partial charge is 0.340 e. The maximum Gasteiger partial charge on any atom is 0.340 e. The normalized spacial score (nSPS) is 16.3. The number of carbonyl (C=O) groups excluding carboxylic acids is 2. The Morgan fingerprint density at radius 2 is 1.87 bits per heavy atom. The molecule has 1 fully saturated rings. The number of amides is 1. The van der Waals surface area contributed by atoms with E-state index in [9.17, 15) is 9.59 Å². The molecule has 2 aromatic rings. The van der Waals surface area contributed by atoms with Gasteiger partial charge < -0.3 is 14.8 Å². The Morgan fingerprint density at radius 3 is 2.60 bits per heavy atom. The highest BCUT2D eigenvalue weighted by Crippen LogP contribution is 2.29. The summed E-state index contributed by atoms with van der Waals surface area (Å²) in [5.74, 6) is -0.176. The van der Waals surface area contributed by atoms with E-state index < -0.39 is 5.97 Å². The number of quaternary nitrogens is 1.